The summed E-state index contributed by atoms with van der Waals surface area (Å²) in [7, 11) is 0. The number of unbranched alkanes of at least 4 members (excludes halogenated alkanes) is 32. The van der Waals surface area contributed by atoms with E-state index in [9.17, 15) is 0 Å². The minimum Gasteiger partial charge on any atom is -0.317 e. The van der Waals surface area contributed by atoms with E-state index in [-0.39, 0.29) is 0 Å². The first-order valence-corrected chi connectivity index (χ1v) is 21.8. The van der Waals surface area contributed by atoms with E-state index in [4.69, 9.17) is 0 Å². The van der Waals surface area contributed by atoms with Gasteiger partial charge < -0.3 is 5.32 Å². The maximum atomic E-state index is 3.70. The second kappa shape index (κ2) is 40.1. The molecule has 272 valence electrons. The van der Waals surface area contributed by atoms with E-state index in [0.717, 1.165) is 11.8 Å². The maximum Gasteiger partial charge on any atom is -0.00489 e. The lowest BCUT2D eigenvalue weighted by Gasteiger charge is -2.06. The summed E-state index contributed by atoms with van der Waals surface area (Å²) in [4.78, 5) is 0. The van der Waals surface area contributed by atoms with Gasteiger partial charge in [0.25, 0.3) is 0 Å². The normalized spacial score (nSPS) is 11.9. The van der Waals surface area contributed by atoms with Gasteiger partial charge in [0, 0.05) is 0 Å². The molecule has 0 rings (SSSR count). The minimum absolute atomic E-state index is 0.894. The number of nitrogens with one attached hydrogen (secondary N) is 1. The zero-order chi connectivity index (χ0) is 32.7. The molecule has 0 amide bonds. The Morgan fingerprint density at radius 2 is 0.378 bits per heavy atom. The minimum atomic E-state index is 0.894. The fourth-order valence-corrected chi connectivity index (χ4v) is 7.03. The van der Waals surface area contributed by atoms with Crippen molar-refractivity contribution >= 4 is 0 Å². The van der Waals surface area contributed by atoms with Gasteiger partial charge in [0.1, 0.15) is 0 Å². The van der Waals surface area contributed by atoms with Gasteiger partial charge in [-0.25, -0.2) is 0 Å². The number of hydrogen-bond donors (Lipinski definition) is 1. The molecule has 0 aliphatic heterocycles. The molecule has 0 aromatic rings. The third-order valence-corrected chi connectivity index (χ3v) is 10.3. The predicted molar refractivity (Wildman–Crippen MR) is 209 cm³/mol. The molecule has 0 aliphatic rings. The smallest absolute Gasteiger partial charge is 0.00489 e. The van der Waals surface area contributed by atoms with E-state index in [1.165, 1.54) is 244 Å². The van der Waals surface area contributed by atoms with Gasteiger partial charge in [-0.15, -0.1) is 0 Å². The van der Waals surface area contributed by atoms with Crippen LogP contribution < -0.4 is 5.32 Å². The molecule has 1 nitrogen and oxygen atoms in total. The van der Waals surface area contributed by atoms with E-state index in [1.807, 2.05) is 0 Å². The van der Waals surface area contributed by atoms with Crippen LogP contribution in [0.4, 0.5) is 0 Å². The molecule has 0 aromatic carbocycles. The molecule has 0 aliphatic carbocycles. The Bertz CT molecular complexity index is 453. The molecule has 0 bridgehead atoms. The summed E-state index contributed by atoms with van der Waals surface area (Å²) in [5, 5.41) is 3.70. The van der Waals surface area contributed by atoms with Crippen LogP contribution in [-0.4, -0.2) is 13.1 Å². The lowest BCUT2D eigenvalue weighted by Crippen LogP contribution is -2.16. The first kappa shape index (κ1) is 45.0. The monoisotopic (exact) mass is 634 g/mol. The molecular weight excluding hydrogens is 542 g/mol. The highest BCUT2D eigenvalue weighted by Crippen LogP contribution is 2.17. The van der Waals surface area contributed by atoms with Crippen molar-refractivity contribution in [2.24, 2.45) is 11.8 Å². The van der Waals surface area contributed by atoms with Crippen LogP contribution in [-0.2, 0) is 0 Å². The SMILES string of the molecule is CC(C)CCCCCCCCCCCCCCCCCCCNCCCCCCCCCCCCCCCCCCCC(C)C. The van der Waals surface area contributed by atoms with E-state index in [0.29, 0.717) is 0 Å². The molecule has 0 unspecified atom stereocenters. The number of rotatable bonds is 40. The van der Waals surface area contributed by atoms with Gasteiger partial charge in [-0.05, 0) is 37.8 Å². The summed E-state index contributed by atoms with van der Waals surface area (Å²) < 4.78 is 0. The van der Waals surface area contributed by atoms with Crippen LogP contribution in [0.5, 0.6) is 0 Å². The summed E-state index contributed by atoms with van der Waals surface area (Å²) in [5.41, 5.74) is 0. The van der Waals surface area contributed by atoms with Crippen molar-refractivity contribution in [1.82, 2.24) is 5.32 Å². The fraction of sp³-hybridized carbons (Fsp3) is 1.00. The first-order valence-electron chi connectivity index (χ1n) is 21.8. The van der Waals surface area contributed by atoms with Crippen LogP contribution in [0.15, 0.2) is 0 Å². The summed E-state index contributed by atoms with van der Waals surface area (Å²) in [5.74, 6) is 1.79. The molecular formula is C44H91N. The summed E-state index contributed by atoms with van der Waals surface area (Å²) in [6.07, 6.45) is 52.8. The van der Waals surface area contributed by atoms with Crippen LogP contribution >= 0.6 is 0 Å². The second-order valence-corrected chi connectivity index (χ2v) is 16.1. The molecule has 0 heterocycles. The zero-order valence-corrected chi connectivity index (χ0v) is 32.5. The average Bonchev–Trinajstić information content (AvgIpc) is 3.02. The molecule has 0 aromatic heterocycles. The largest absolute Gasteiger partial charge is 0.317 e. The van der Waals surface area contributed by atoms with Crippen molar-refractivity contribution in [2.45, 2.75) is 259 Å². The first-order chi connectivity index (χ1) is 22.1. The summed E-state index contributed by atoms with van der Waals surface area (Å²) in [6, 6.07) is 0. The van der Waals surface area contributed by atoms with Crippen molar-refractivity contribution in [2.75, 3.05) is 13.1 Å². The van der Waals surface area contributed by atoms with Gasteiger partial charge in [0.2, 0.25) is 0 Å². The summed E-state index contributed by atoms with van der Waals surface area (Å²) >= 11 is 0. The molecule has 1 N–H and O–H groups in total. The Kier molecular flexibility index (Phi) is 40.1. The van der Waals surface area contributed by atoms with E-state index >= 15 is 0 Å². The standard InChI is InChI=1S/C44H91N/c1-43(2)39-35-31-27-23-19-15-11-7-5-9-13-17-21-25-29-33-37-41-45-42-38-34-30-26-22-18-14-10-6-8-12-16-20-24-28-32-36-40-44(3)4/h43-45H,5-42H2,1-4H3. The Morgan fingerprint density at radius 3 is 0.556 bits per heavy atom. The predicted octanol–water partition coefficient (Wildman–Crippen LogP) is 15.9. The van der Waals surface area contributed by atoms with Crippen LogP contribution in [0.3, 0.4) is 0 Å². The van der Waals surface area contributed by atoms with Gasteiger partial charge in [-0.2, -0.15) is 0 Å². The Hall–Kier alpha value is -0.0400. The Morgan fingerprint density at radius 1 is 0.222 bits per heavy atom. The molecule has 0 spiro atoms. The van der Waals surface area contributed by atoms with Gasteiger partial charge in [-0.3, -0.25) is 0 Å². The van der Waals surface area contributed by atoms with E-state index < -0.39 is 0 Å². The van der Waals surface area contributed by atoms with Crippen LogP contribution in [0, 0.1) is 11.8 Å². The molecule has 0 saturated carbocycles. The Labute approximate surface area is 288 Å². The van der Waals surface area contributed by atoms with Crippen molar-refractivity contribution < 1.29 is 0 Å². The van der Waals surface area contributed by atoms with Crippen molar-refractivity contribution in [3.63, 3.8) is 0 Å². The van der Waals surface area contributed by atoms with E-state index in [2.05, 4.69) is 33.0 Å². The molecule has 0 atom stereocenters. The van der Waals surface area contributed by atoms with Gasteiger partial charge in [0.15, 0.2) is 0 Å². The van der Waals surface area contributed by atoms with Crippen LogP contribution in [0.25, 0.3) is 0 Å². The van der Waals surface area contributed by atoms with Crippen LogP contribution in [0.2, 0.25) is 0 Å². The molecule has 1 heteroatoms. The van der Waals surface area contributed by atoms with Crippen molar-refractivity contribution in [3.8, 4) is 0 Å². The van der Waals surface area contributed by atoms with Crippen molar-refractivity contribution in [1.29, 1.82) is 0 Å². The lowest BCUT2D eigenvalue weighted by atomic mass is 10.0. The highest BCUT2D eigenvalue weighted by molar-refractivity contribution is 4.55. The third kappa shape index (κ3) is 44.0. The lowest BCUT2D eigenvalue weighted by molar-refractivity contribution is 0.500. The van der Waals surface area contributed by atoms with Gasteiger partial charge >= 0.3 is 0 Å². The Balaban J connectivity index is 3.04. The highest BCUT2D eigenvalue weighted by Gasteiger charge is 1.99. The molecule has 0 saturated heterocycles. The third-order valence-electron chi connectivity index (χ3n) is 10.3. The van der Waals surface area contributed by atoms with Gasteiger partial charge in [-0.1, -0.05) is 246 Å². The van der Waals surface area contributed by atoms with Crippen molar-refractivity contribution in [3.05, 3.63) is 0 Å². The zero-order valence-electron chi connectivity index (χ0n) is 32.5. The van der Waals surface area contributed by atoms with E-state index in [1.54, 1.807) is 0 Å². The highest BCUT2D eigenvalue weighted by atomic mass is 14.8. The molecule has 0 radical (unpaired) electrons. The number of hydrogen-bond acceptors (Lipinski definition) is 1. The quantitative estimate of drug-likeness (QED) is 0.0662. The maximum absolute atomic E-state index is 3.70. The van der Waals surface area contributed by atoms with Gasteiger partial charge in [0.05, 0.1) is 0 Å². The molecule has 45 heavy (non-hydrogen) atoms. The fourth-order valence-electron chi connectivity index (χ4n) is 7.03. The topological polar surface area (TPSA) is 12.0 Å². The summed E-state index contributed by atoms with van der Waals surface area (Å²) in [6.45, 7) is 11.9. The second-order valence-electron chi connectivity index (χ2n) is 16.1. The average molecular weight is 634 g/mol. The molecule has 0 fully saturated rings. The van der Waals surface area contributed by atoms with Crippen LogP contribution in [0.1, 0.15) is 259 Å².